The summed E-state index contributed by atoms with van der Waals surface area (Å²) in [6.45, 7) is 2.04. The summed E-state index contributed by atoms with van der Waals surface area (Å²) >= 11 is 0. The number of rotatable bonds is 5. The molecule has 0 aromatic carbocycles. The normalized spacial score (nSPS) is 11.2. The van der Waals surface area contributed by atoms with Gasteiger partial charge in [0.05, 0.1) is 5.75 Å². The van der Waals surface area contributed by atoms with Crippen LogP contribution in [0.1, 0.15) is 13.3 Å². The van der Waals surface area contributed by atoms with Crippen LogP contribution in [-0.4, -0.2) is 44.2 Å². The third-order valence-corrected chi connectivity index (χ3v) is 3.04. The lowest BCUT2D eigenvalue weighted by Crippen LogP contribution is -2.15. The van der Waals surface area contributed by atoms with Gasteiger partial charge in [0.1, 0.15) is 0 Å². The van der Waals surface area contributed by atoms with Crippen molar-refractivity contribution in [1.82, 2.24) is 0 Å². The maximum atomic E-state index is 10.4. The van der Waals surface area contributed by atoms with E-state index in [1.165, 1.54) is 0 Å². The summed E-state index contributed by atoms with van der Waals surface area (Å²) in [5.41, 5.74) is 0. The molecular formula is C5H12NO5S2+. The first-order chi connectivity index (χ1) is 5.87. The highest BCUT2D eigenvalue weighted by Gasteiger charge is 2.09. The van der Waals surface area contributed by atoms with Crippen molar-refractivity contribution in [1.29, 1.82) is 0 Å². The van der Waals surface area contributed by atoms with Gasteiger partial charge in [-0.2, -0.15) is 8.42 Å². The second-order valence-corrected chi connectivity index (χ2v) is 4.90. The zero-order valence-electron chi connectivity index (χ0n) is 7.17. The molecule has 13 heavy (non-hydrogen) atoms. The first kappa shape index (κ1) is 12.5. The highest BCUT2D eigenvalue weighted by atomic mass is 32.2. The van der Waals surface area contributed by atoms with E-state index in [2.05, 4.69) is 0 Å². The van der Waals surface area contributed by atoms with Crippen LogP contribution in [0.3, 0.4) is 0 Å². The minimum absolute atomic E-state index is 0.0979. The minimum atomic E-state index is -3.98. The van der Waals surface area contributed by atoms with Crippen LogP contribution in [0.4, 0.5) is 0 Å². The van der Waals surface area contributed by atoms with E-state index in [1.54, 1.807) is 6.92 Å². The lowest BCUT2D eigenvalue weighted by atomic mass is 10.5. The van der Waals surface area contributed by atoms with Gasteiger partial charge in [-0.25, -0.2) is 0 Å². The van der Waals surface area contributed by atoms with Crippen LogP contribution in [0.5, 0.6) is 0 Å². The fraction of sp³-hybridized carbons (Fsp3) is 1.00. The maximum Gasteiger partial charge on any atom is 0.458 e. The Labute approximate surface area is 78.6 Å². The molecule has 0 saturated heterocycles. The van der Waals surface area contributed by atoms with Gasteiger partial charge >= 0.3 is 10.5 Å². The number of hydrogen-bond donors (Lipinski definition) is 1. The van der Waals surface area contributed by atoms with E-state index in [4.69, 9.17) is 4.55 Å². The van der Waals surface area contributed by atoms with Crippen LogP contribution in [0, 0.1) is 0 Å². The molecule has 0 aromatic heterocycles. The molecule has 0 aliphatic heterocycles. The summed E-state index contributed by atoms with van der Waals surface area (Å²) in [6.07, 6.45) is 0.0979. The molecule has 0 bridgehead atoms. The van der Waals surface area contributed by atoms with Crippen LogP contribution in [0.15, 0.2) is 0 Å². The Bertz CT molecular complexity index is 371. The van der Waals surface area contributed by atoms with E-state index in [1.807, 2.05) is 0 Å². The summed E-state index contributed by atoms with van der Waals surface area (Å²) in [5, 5.41) is 0. The Morgan fingerprint density at radius 3 is 2.23 bits per heavy atom. The molecule has 0 unspecified atom stereocenters. The van der Waals surface area contributed by atoms with Gasteiger partial charge in [0.2, 0.25) is 0 Å². The Balaban J connectivity index is 4.13. The van der Waals surface area contributed by atoms with Gasteiger partial charge in [-0.15, -0.1) is 12.4 Å². The van der Waals surface area contributed by atoms with Gasteiger partial charge in [0, 0.05) is 6.42 Å². The van der Waals surface area contributed by atoms with Crippen LogP contribution < -0.4 is 0 Å². The molecule has 0 aliphatic rings. The molecule has 0 heterocycles. The lowest BCUT2D eigenvalue weighted by molar-refractivity contribution is -0.499. The average molecular weight is 230 g/mol. The monoisotopic (exact) mass is 230 g/mol. The Morgan fingerprint density at radius 1 is 1.38 bits per heavy atom. The van der Waals surface area contributed by atoms with Crippen molar-refractivity contribution in [2.24, 2.45) is 0 Å². The van der Waals surface area contributed by atoms with E-state index in [0.717, 1.165) is 3.95 Å². The fourth-order valence-corrected chi connectivity index (χ4v) is 1.74. The van der Waals surface area contributed by atoms with E-state index in [9.17, 15) is 16.8 Å². The molecule has 0 radical (unpaired) electrons. The first-order valence-corrected chi connectivity index (χ1v) is 6.30. The molecular weight excluding hydrogens is 218 g/mol. The maximum absolute atomic E-state index is 10.4. The molecule has 0 amide bonds. The second-order valence-electron chi connectivity index (χ2n) is 2.38. The predicted octanol–water partition coefficient (Wildman–Crippen LogP) is -0.641. The van der Waals surface area contributed by atoms with Gasteiger partial charge in [0.25, 0.3) is 10.1 Å². The third-order valence-electron chi connectivity index (χ3n) is 1.37. The second kappa shape index (κ2) is 5.30. The van der Waals surface area contributed by atoms with Gasteiger partial charge < -0.3 is 0 Å². The van der Waals surface area contributed by atoms with E-state index in [0.29, 0.717) is 6.54 Å². The van der Waals surface area contributed by atoms with Gasteiger partial charge in [0.15, 0.2) is 13.1 Å². The third kappa shape index (κ3) is 6.67. The topological polar surface area (TPSA) is 91.5 Å². The van der Waals surface area contributed by atoms with Crippen molar-refractivity contribution in [2.45, 2.75) is 13.3 Å². The summed E-state index contributed by atoms with van der Waals surface area (Å²) in [5.74, 6) is -0.416. The van der Waals surface area contributed by atoms with Crippen molar-refractivity contribution in [3.63, 3.8) is 0 Å². The molecule has 6 nitrogen and oxygen atoms in total. The summed E-state index contributed by atoms with van der Waals surface area (Å²) in [7, 11) is -6.31. The largest absolute Gasteiger partial charge is 0.458 e. The first-order valence-electron chi connectivity index (χ1n) is 3.66. The molecule has 0 saturated carbocycles. The highest BCUT2D eigenvalue weighted by molar-refractivity contribution is 7.85. The minimum Gasteiger partial charge on any atom is -0.286 e. The summed E-state index contributed by atoms with van der Waals surface area (Å²) in [6, 6.07) is 0. The molecule has 0 spiro atoms. The Kier molecular flexibility index (Phi) is 5.11. The average Bonchev–Trinajstić information content (AvgIpc) is 1.95. The molecule has 1 N–H and O–H groups in total. The smallest absolute Gasteiger partial charge is 0.286 e. The van der Waals surface area contributed by atoms with Crippen molar-refractivity contribution in [2.75, 3.05) is 18.8 Å². The molecule has 0 fully saturated rings. The standard InChI is InChI=1S/C5H11NO5S2/c1-2-6(12(7)8)4-3-5-13(9,10)11/h2-5H2,1H3/p+1. The van der Waals surface area contributed by atoms with E-state index in [-0.39, 0.29) is 13.0 Å². The van der Waals surface area contributed by atoms with Gasteiger partial charge in [-0.05, 0) is 6.92 Å². The van der Waals surface area contributed by atoms with E-state index >= 15 is 0 Å². The quantitative estimate of drug-likeness (QED) is 0.501. The van der Waals surface area contributed by atoms with E-state index < -0.39 is 26.4 Å². The van der Waals surface area contributed by atoms with Crippen molar-refractivity contribution >= 4 is 20.6 Å². The molecule has 0 atom stereocenters. The SMILES string of the molecule is CC[N+](CCCS(=O)(=O)O)=S(=O)=O. The molecule has 8 heteroatoms. The van der Waals surface area contributed by atoms with Crippen molar-refractivity contribution < 1.29 is 25.3 Å². The van der Waals surface area contributed by atoms with Crippen LogP contribution >= 0.6 is 0 Å². The summed E-state index contributed by atoms with van der Waals surface area (Å²) in [4.78, 5) is 0. The molecule has 78 valence electrons. The molecule has 0 aliphatic carbocycles. The number of hydrogen-bond acceptors (Lipinski definition) is 4. The number of nitrogens with zero attached hydrogens (tertiary/aromatic N) is 1. The van der Waals surface area contributed by atoms with Gasteiger partial charge in [-0.3, -0.25) is 4.55 Å². The predicted molar refractivity (Wildman–Crippen MR) is 45.6 cm³/mol. The van der Waals surface area contributed by atoms with Crippen LogP contribution in [0.2, 0.25) is 0 Å². The Morgan fingerprint density at radius 2 is 1.92 bits per heavy atom. The zero-order chi connectivity index (χ0) is 10.5. The van der Waals surface area contributed by atoms with Gasteiger partial charge in [-0.1, -0.05) is 0 Å². The highest BCUT2D eigenvalue weighted by Crippen LogP contribution is 1.89. The zero-order valence-corrected chi connectivity index (χ0v) is 8.81. The molecule has 0 rings (SSSR count). The fourth-order valence-electron chi connectivity index (χ4n) is 0.761. The van der Waals surface area contributed by atoms with Crippen LogP contribution in [-0.2, 0) is 20.6 Å². The molecule has 0 aromatic rings. The summed E-state index contributed by atoms with van der Waals surface area (Å²) < 4.78 is 50.7. The van der Waals surface area contributed by atoms with Crippen LogP contribution in [0.25, 0.3) is 0 Å². The Hall–Kier alpha value is -0.470. The van der Waals surface area contributed by atoms with Crippen molar-refractivity contribution in [3.8, 4) is 0 Å². The van der Waals surface area contributed by atoms with Crippen molar-refractivity contribution in [3.05, 3.63) is 0 Å². The lowest BCUT2D eigenvalue weighted by Gasteiger charge is -1.94.